The van der Waals surface area contributed by atoms with Gasteiger partial charge in [-0.25, -0.2) is 9.59 Å². The summed E-state index contributed by atoms with van der Waals surface area (Å²) in [4.78, 5) is 23.9. The van der Waals surface area contributed by atoms with E-state index in [-0.39, 0.29) is 13.2 Å². The predicted octanol–water partition coefficient (Wildman–Crippen LogP) is 2.98. The lowest BCUT2D eigenvalue weighted by Crippen LogP contribution is -2.62. The van der Waals surface area contributed by atoms with Gasteiger partial charge in [-0.05, 0) is 11.1 Å². The van der Waals surface area contributed by atoms with Gasteiger partial charge in [0.15, 0.2) is 24.4 Å². The van der Waals surface area contributed by atoms with Crippen LogP contribution in [0.3, 0.4) is 0 Å². The van der Waals surface area contributed by atoms with Crippen molar-refractivity contribution in [2.45, 2.75) is 49.8 Å². The number of carbonyl (C=O) groups excluding carboxylic acids is 2. The third-order valence-corrected chi connectivity index (χ3v) is 5.44. The van der Waals surface area contributed by atoms with Crippen molar-refractivity contribution in [3.05, 3.63) is 71.8 Å². The SMILES string of the molecule is O=C1O[C@@H]2[C@@H](OCc3ccccc3)[C@@H]3OC(=O)O[C@H]3[C@H](OCc3ccccc3)[C@@H]2O1. The standard InChI is InChI=1S/C22H20O8/c23-21-27-17-15(25-11-13-7-3-1-4-8-13)18-20(30-22(24)28-18)16(19(17)29-21)26-12-14-9-5-2-6-10-14/h1-10,15-20H,11-12H2/t15-,16-,17-,18-,19-,20+/m0/s1. The molecule has 3 fully saturated rings. The fraction of sp³-hybridized carbons (Fsp3) is 0.364. The Labute approximate surface area is 172 Å². The van der Waals surface area contributed by atoms with Gasteiger partial charge in [-0.1, -0.05) is 60.7 Å². The molecule has 1 aliphatic carbocycles. The largest absolute Gasteiger partial charge is 0.509 e. The van der Waals surface area contributed by atoms with Crippen molar-refractivity contribution in [3.8, 4) is 0 Å². The van der Waals surface area contributed by atoms with Gasteiger partial charge in [-0.3, -0.25) is 0 Å². The zero-order valence-corrected chi connectivity index (χ0v) is 15.9. The van der Waals surface area contributed by atoms with Crippen LogP contribution in [-0.2, 0) is 41.6 Å². The van der Waals surface area contributed by atoms with E-state index in [1.165, 1.54) is 0 Å². The smallest absolute Gasteiger partial charge is 0.424 e. The van der Waals surface area contributed by atoms with E-state index >= 15 is 0 Å². The minimum Gasteiger partial charge on any atom is -0.424 e. The molecule has 2 saturated heterocycles. The van der Waals surface area contributed by atoms with Gasteiger partial charge in [0.1, 0.15) is 12.2 Å². The summed E-state index contributed by atoms with van der Waals surface area (Å²) in [5, 5.41) is 0. The second-order valence-electron chi connectivity index (χ2n) is 7.35. The molecule has 30 heavy (non-hydrogen) atoms. The van der Waals surface area contributed by atoms with E-state index in [0.29, 0.717) is 0 Å². The van der Waals surface area contributed by atoms with Crippen LogP contribution in [0, 0.1) is 0 Å². The third-order valence-electron chi connectivity index (χ3n) is 5.44. The summed E-state index contributed by atoms with van der Waals surface area (Å²) in [6.07, 6.45) is -6.22. The Balaban J connectivity index is 1.37. The average molecular weight is 412 g/mol. The number of ether oxygens (including phenoxy) is 6. The number of rotatable bonds is 6. The number of carbonyl (C=O) groups is 2. The molecule has 0 N–H and O–H groups in total. The Kier molecular flexibility index (Phi) is 5.02. The molecule has 0 aromatic heterocycles. The van der Waals surface area contributed by atoms with Crippen LogP contribution in [0.1, 0.15) is 11.1 Å². The summed E-state index contributed by atoms with van der Waals surface area (Å²) >= 11 is 0. The highest BCUT2D eigenvalue weighted by molar-refractivity contribution is 5.65. The predicted molar refractivity (Wildman–Crippen MR) is 100 cm³/mol. The van der Waals surface area contributed by atoms with Crippen molar-refractivity contribution in [2.24, 2.45) is 0 Å². The van der Waals surface area contributed by atoms with Gasteiger partial charge in [0.25, 0.3) is 0 Å². The quantitative estimate of drug-likeness (QED) is 0.669. The summed E-state index contributed by atoms with van der Waals surface area (Å²) in [6, 6.07) is 19.1. The fourth-order valence-corrected chi connectivity index (χ4v) is 4.07. The van der Waals surface area contributed by atoms with E-state index in [4.69, 9.17) is 28.4 Å². The Hall–Kier alpha value is -3.10. The molecule has 1 saturated carbocycles. The van der Waals surface area contributed by atoms with Crippen LogP contribution in [-0.4, -0.2) is 48.9 Å². The van der Waals surface area contributed by atoms with Gasteiger partial charge in [0.2, 0.25) is 0 Å². The highest BCUT2D eigenvalue weighted by Gasteiger charge is 2.64. The Bertz CT molecular complexity index is 798. The molecule has 2 aromatic rings. The summed E-state index contributed by atoms with van der Waals surface area (Å²) in [5.41, 5.74) is 1.87. The molecule has 0 spiro atoms. The zero-order valence-electron chi connectivity index (χ0n) is 15.9. The van der Waals surface area contributed by atoms with Crippen LogP contribution < -0.4 is 0 Å². The second-order valence-corrected chi connectivity index (χ2v) is 7.35. The average Bonchev–Trinajstić information content (AvgIpc) is 3.34. The van der Waals surface area contributed by atoms with Crippen LogP contribution in [0.25, 0.3) is 0 Å². The molecule has 0 bridgehead atoms. The highest BCUT2D eigenvalue weighted by Crippen LogP contribution is 2.40. The maximum absolute atomic E-state index is 11.9. The monoisotopic (exact) mass is 412 g/mol. The summed E-state index contributed by atoms with van der Waals surface area (Å²) in [7, 11) is 0. The minimum atomic E-state index is -0.807. The number of hydrogen-bond donors (Lipinski definition) is 0. The van der Waals surface area contributed by atoms with Crippen molar-refractivity contribution >= 4 is 12.3 Å². The van der Waals surface area contributed by atoms with Gasteiger partial charge in [0, 0.05) is 0 Å². The van der Waals surface area contributed by atoms with E-state index in [0.717, 1.165) is 11.1 Å². The molecule has 0 amide bonds. The van der Waals surface area contributed by atoms with Crippen LogP contribution in [0.2, 0.25) is 0 Å². The molecule has 2 heterocycles. The Morgan fingerprint density at radius 1 is 0.567 bits per heavy atom. The van der Waals surface area contributed by atoms with E-state index in [1.54, 1.807) is 0 Å². The molecular formula is C22H20O8. The van der Waals surface area contributed by atoms with Gasteiger partial charge < -0.3 is 28.4 Å². The summed E-state index contributed by atoms with van der Waals surface area (Å²) < 4.78 is 33.6. The van der Waals surface area contributed by atoms with Crippen LogP contribution in [0.5, 0.6) is 0 Å². The maximum Gasteiger partial charge on any atom is 0.509 e. The van der Waals surface area contributed by atoms with Gasteiger partial charge >= 0.3 is 12.3 Å². The van der Waals surface area contributed by atoms with E-state index in [1.807, 2.05) is 60.7 Å². The van der Waals surface area contributed by atoms with Crippen molar-refractivity contribution in [2.75, 3.05) is 0 Å². The fourth-order valence-electron chi connectivity index (χ4n) is 4.07. The van der Waals surface area contributed by atoms with Crippen molar-refractivity contribution < 1.29 is 38.0 Å². The molecule has 8 heteroatoms. The molecule has 2 aliphatic heterocycles. The van der Waals surface area contributed by atoms with Crippen LogP contribution in [0.15, 0.2) is 60.7 Å². The zero-order chi connectivity index (χ0) is 20.5. The number of hydrogen-bond acceptors (Lipinski definition) is 8. The van der Waals surface area contributed by atoms with E-state index in [9.17, 15) is 9.59 Å². The first-order valence-electron chi connectivity index (χ1n) is 9.74. The first-order valence-corrected chi connectivity index (χ1v) is 9.74. The lowest BCUT2D eigenvalue weighted by atomic mass is 9.84. The first kappa shape index (κ1) is 18.9. The number of benzene rings is 2. The molecular weight excluding hydrogens is 392 g/mol. The lowest BCUT2D eigenvalue weighted by Gasteiger charge is -2.40. The number of fused-ring (bicyclic) bond motifs is 2. The molecule has 2 aromatic carbocycles. The van der Waals surface area contributed by atoms with Crippen molar-refractivity contribution in [3.63, 3.8) is 0 Å². The molecule has 8 nitrogen and oxygen atoms in total. The van der Waals surface area contributed by atoms with Crippen molar-refractivity contribution in [1.82, 2.24) is 0 Å². The van der Waals surface area contributed by atoms with E-state index in [2.05, 4.69) is 0 Å². The van der Waals surface area contributed by atoms with Gasteiger partial charge in [-0.2, -0.15) is 0 Å². The first-order chi connectivity index (χ1) is 14.7. The van der Waals surface area contributed by atoms with Gasteiger partial charge in [-0.15, -0.1) is 0 Å². The third kappa shape index (κ3) is 3.59. The van der Waals surface area contributed by atoms with E-state index < -0.39 is 48.9 Å². The molecule has 0 unspecified atom stereocenters. The normalized spacial score (nSPS) is 31.7. The molecule has 6 atom stereocenters. The summed E-state index contributed by atoms with van der Waals surface area (Å²) in [5.74, 6) is 0. The maximum atomic E-state index is 11.9. The van der Waals surface area contributed by atoms with Crippen molar-refractivity contribution in [1.29, 1.82) is 0 Å². The van der Waals surface area contributed by atoms with Crippen LogP contribution >= 0.6 is 0 Å². The molecule has 5 rings (SSSR count). The van der Waals surface area contributed by atoms with Crippen LogP contribution in [0.4, 0.5) is 9.59 Å². The lowest BCUT2D eigenvalue weighted by molar-refractivity contribution is -0.191. The molecule has 156 valence electrons. The Morgan fingerprint density at radius 2 is 0.900 bits per heavy atom. The van der Waals surface area contributed by atoms with Gasteiger partial charge in [0.05, 0.1) is 13.2 Å². The topological polar surface area (TPSA) is 89.5 Å². The molecule has 0 radical (unpaired) electrons. The minimum absolute atomic E-state index is 0.253. The Morgan fingerprint density at radius 3 is 1.23 bits per heavy atom. The highest BCUT2D eigenvalue weighted by atomic mass is 16.8. The second kappa shape index (κ2) is 7.97. The summed E-state index contributed by atoms with van der Waals surface area (Å²) in [6.45, 7) is 0.505. The molecule has 3 aliphatic rings.